The van der Waals surface area contributed by atoms with Crippen molar-refractivity contribution in [3.05, 3.63) is 105 Å². The van der Waals surface area contributed by atoms with Gasteiger partial charge in [0, 0.05) is 45.5 Å². The summed E-state index contributed by atoms with van der Waals surface area (Å²) >= 11 is 0. The Bertz CT molecular complexity index is 2480. The molecule has 0 radical (unpaired) electrons. The number of aromatic hydroxyl groups is 6. The lowest BCUT2D eigenvalue weighted by molar-refractivity contribution is -0.138. The predicted molar refractivity (Wildman–Crippen MR) is 212 cm³/mol. The summed E-state index contributed by atoms with van der Waals surface area (Å²) in [6.45, 7) is 10.3. The maximum Gasteiger partial charge on any atom is 0.416 e. The van der Waals surface area contributed by atoms with Crippen LogP contribution in [0.2, 0.25) is 0 Å². The fraction of sp³-hybridized carbons (Fsp3) is 0.227. The Labute approximate surface area is 328 Å². The maximum atomic E-state index is 13.2. The monoisotopic (exact) mass is 804 g/mol. The molecule has 0 unspecified atom stereocenters. The van der Waals surface area contributed by atoms with Crippen molar-refractivity contribution in [1.82, 2.24) is 0 Å². The van der Waals surface area contributed by atoms with E-state index in [1.807, 2.05) is 0 Å². The number of nitrogens with zero attached hydrogens (tertiary/aromatic N) is 2. The number of fused-ring (bicyclic) bond motifs is 2. The number of phenols is 6. The van der Waals surface area contributed by atoms with Crippen LogP contribution in [0.3, 0.4) is 0 Å². The summed E-state index contributed by atoms with van der Waals surface area (Å²) in [7, 11) is 0. The van der Waals surface area contributed by atoms with Crippen molar-refractivity contribution >= 4 is 45.3 Å². The van der Waals surface area contributed by atoms with Crippen LogP contribution >= 0.6 is 0 Å². The summed E-state index contributed by atoms with van der Waals surface area (Å²) in [6.07, 6.45) is -6.98. The lowest BCUT2D eigenvalue weighted by Crippen LogP contribution is -2.03. The van der Waals surface area contributed by atoms with Crippen molar-refractivity contribution in [1.29, 1.82) is 0 Å². The Morgan fingerprint density at radius 3 is 1.07 bits per heavy atom. The number of alkyl halides is 6. The molecule has 6 aromatic carbocycles. The number of aryl methyl sites for hydroxylation is 2. The fourth-order valence-electron chi connectivity index (χ4n) is 7.38. The highest BCUT2D eigenvalue weighted by Gasteiger charge is 2.32. The first-order valence-corrected chi connectivity index (χ1v) is 18.0. The summed E-state index contributed by atoms with van der Waals surface area (Å²) in [4.78, 5) is 8.48. The Balaban J connectivity index is 1.65. The van der Waals surface area contributed by atoms with Crippen molar-refractivity contribution < 1.29 is 57.0 Å². The van der Waals surface area contributed by atoms with Crippen LogP contribution in [-0.2, 0) is 12.4 Å². The van der Waals surface area contributed by atoms with Gasteiger partial charge < -0.3 is 30.6 Å². The third-order valence-electron chi connectivity index (χ3n) is 10.1. The average Bonchev–Trinajstić information content (AvgIpc) is 3.13. The molecule has 0 aliphatic heterocycles. The molecule has 0 saturated carbocycles. The highest BCUT2D eigenvalue weighted by Crippen LogP contribution is 2.54. The van der Waals surface area contributed by atoms with Gasteiger partial charge in [0.2, 0.25) is 0 Å². The molecule has 6 rings (SSSR count). The molecule has 14 heteroatoms. The van der Waals surface area contributed by atoms with Crippen LogP contribution < -0.4 is 0 Å². The van der Waals surface area contributed by atoms with Crippen molar-refractivity contribution in [2.24, 2.45) is 9.98 Å². The van der Waals surface area contributed by atoms with Crippen LogP contribution in [0.15, 0.2) is 70.6 Å². The standard InChI is InChI=1S/C44H38F6N2O6/c1-19(2)31-27-15-21(5)33(39(55)35(27)29(37(53)41(31)57)17-51-25-11-7-23(8-12-25)43(45,46)47)34-22(6)16-28-32(20(3)4)42(58)38(54)30(36(28)40(34)56)18-52-26-13-9-24(10-14-26)44(48,49)50/h7-20,53-58H,1-6H3. The minimum atomic E-state index is -4.59. The van der Waals surface area contributed by atoms with Crippen LogP contribution in [0, 0.1) is 13.8 Å². The SMILES string of the molecule is Cc1cc2c(C(C)C)c(O)c(O)c(C=Nc3ccc(C(F)(F)F)cc3)c2c(O)c1-c1c(C)cc2c(C(C)C)c(O)c(O)c(C=Nc3ccc(C(F)(F)F)cc3)c2c1O. The summed E-state index contributed by atoms with van der Waals surface area (Å²) in [6, 6.07) is 11.1. The Hall–Kier alpha value is -6.44. The van der Waals surface area contributed by atoms with E-state index in [9.17, 15) is 57.0 Å². The van der Waals surface area contributed by atoms with Crippen molar-refractivity contribution in [2.45, 2.75) is 65.7 Å². The lowest BCUT2D eigenvalue weighted by Gasteiger charge is -2.23. The molecule has 0 aliphatic carbocycles. The van der Waals surface area contributed by atoms with Gasteiger partial charge in [-0.1, -0.05) is 39.8 Å². The quantitative estimate of drug-likeness (QED) is 0.0538. The molecule has 58 heavy (non-hydrogen) atoms. The van der Waals surface area contributed by atoms with E-state index >= 15 is 0 Å². The number of benzene rings is 6. The molecule has 8 nitrogen and oxygen atoms in total. The highest BCUT2D eigenvalue weighted by atomic mass is 19.4. The number of halogens is 6. The van der Waals surface area contributed by atoms with Crippen LogP contribution in [0.1, 0.15) is 84.0 Å². The van der Waals surface area contributed by atoms with Crippen molar-refractivity contribution in [3.8, 4) is 45.6 Å². The van der Waals surface area contributed by atoms with Gasteiger partial charge in [-0.3, -0.25) is 9.98 Å². The molecule has 0 atom stereocenters. The number of hydrogen-bond donors (Lipinski definition) is 6. The van der Waals surface area contributed by atoms with E-state index < -0.39 is 69.8 Å². The molecule has 0 bridgehead atoms. The zero-order valence-electron chi connectivity index (χ0n) is 31.9. The topological polar surface area (TPSA) is 146 Å². The second-order valence-corrected chi connectivity index (χ2v) is 14.6. The number of phenolic OH excluding ortho intramolecular Hbond substituents is 6. The first-order valence-electron chi connectivity index (χ1n) is 18.0. The van der Waals surface area contributed by atoms with Gasteiger partial charge in [0.25, 0.3) is 0 Å². The summed E-state index contributed by atoms with van der Waals surface area (Å²) in [5.74, 6) is -4.06. The molecular weight excluding hydrogens is 766 g/mol. The van der Waals surface area contributed by atoms with E-state index in [0.29, 0.717) is 21.9 Å². The first-order chi connectivity index (χ1) is 27.0. The molecule has 0 spiro atoms. The molecule has 0 aromatic heterocycles. The molecule has 0 saturated heterocycles. The van der Waals surface area contributed by atoms with Crippen LogP contribution in [0.4, 0.5) is 37.7 Å². The first kappa shape index (κ1) is 41.2. The zero-order valence-corrected chi connectivity index (χ0v) is 31.9. The van der Waals surface area contributed by atoms with Crippen LogP contribution in [0.25, 0.3) is 32.7 Å². The van der Waals surface area contributed by atoms with Crippen molar-refractivity contribution in [3.63, 3.8) is 0 Å². The summed E-state index contributed by atoms with van der Waals surface area (Å²) in [5.41, 5.74) is -0.561. The normalized spacial score (nSPS) is 12.7. The molecule has 0 fully saturated rings. The van der Waals surface area contributed by atoms with Gasteiger partial charge in [0.05, 0.1) is 33.6 Å². The van der Waals surface area contributed by atoms with E-state index in [0.717, 1.165) is 61.0 Å². The van der Waals surface area contributed by atoms with E-state index in [4.69, 9.17) is 0 Å². The van der Waals surface area contributed by atoms with Gasteiger partial charge in [-0.25, -0.2) is 0 Å². The minimum Gasteiger partial charge on any atom is -0.507 e. The number of hydrogen-bond acceptors (Lipinski definition) is 8. The second-order valence-electron chi connectivity index (χ2n) is 14.6. The zero-order chi connectivity index (χ0) is 42.8. The Morgan fingerprint density at radius 2 is 0.793 bits per heavy atom. The smallest absolute Gasteiger partial charge is 0.416 e. The highest BCUT2D eigenvalue weighted by molar-refractivity contribution is 6.15. The van der Waals surface area contributed by atoms with Crippen LogP contribution in [-0.4, -0.2) is 43.1 Å². The number of rotatable bonds is 7. The van der Waals surface area contributed by atoms with Gasteiger partial charge >= 0.3 is 12.4 Å². The van der Waals surface area contributed by atoms with E-state index in [-0.39, 0.29) is 55.5 Å². The van der Waals surface area contributed by atoms with Gasteiger partial charge in [0.1, 0.15) is 11.5 Å². The maximum absolute atomic E-state index is 13.2. The van der Waals surface area contributed by atoms with E-state index in [1.54, 1.807) is 53.7 Å². The predicted octanol–water partition coefficient (Wildman–Crippen LogP) is 12.3. The molecule has 6 aromatic rings. The lowest BCUT2D eigenvalue weighted by atomic mass is 9.83. The molecule has 302 valence electrons. The summed E-state index contributed by atoms with van der Waals surface area (Å²) < 4.78 is 79.2. The molecule has 0 aliphatic rings. The van der Waals surface area contributed by atoms with Crippen LogP contribution in [0.5, 0.6) is 34.5 Å². The van der Waals surface area contributed by atoms with E-state index in [1.165, 1.54) is 0 Å². The largest absolute Gasteiger partial charge is 0.507 e. The van der Waals surface area contributed by atoms with Gasteiger partial charge in [-0.05, 0) is 96.1 Å². The van der Waals surface area contributed by atoms with Crippen molar-refractivity contribution in [2.75, 3.05) is 0 Å². The molecular formula is C44H38F6N2O6. The average molecular weight is 805 g/mol. The van der Waals surface area contributed by atoms with Gasteiger partial charge in [-0.15, -0.1) is 0 Å². The third-order valence-corrected chi connectivity index (χ3v) is 10.1. The van der Waals surface area contributed by atoms with E-state index in [2.05, 4.69) is 9.98 Å². The molecule has 0 heterocycles. The fourth-order valence-corrected chi connectivity index (χ4v) is 7.38. The Morgan fingerprint density at radius 1 is 0.483 bits per heavy atom. The number of aliphatic imine (C=N–C) groups is 2. The third kappa shape index (κ3) is 7.18. The Kier molecular flexibility index (Phi) is 10.5. The summed E-state index contributed by atoms with van der Waals surface area (Å²) in [5, 5.41) is 70.3. The minimum absolute atomic E-state index is 0.00493. The second kappa shape index (κ2) is 14.8. The molecule has 0 amide bonds. The van der Waals surface area contributed by atoms with Gasteiger partial charge in [-0.2, -0.15) is 26.3 Å². The molecule has 6 N–H and O–H groups in total. The van der Waals surface area contributed by atoms with Gasteiger partial charge in [0.15, 0.2) is 23.0 Å².